The number of ether oxygens (including phenoxy) is 1. The second-order valence-corrected chi connectivity index (χ2v) is 11.3. The molecular formula is C25H31FN6O3S. The molecule has 2 aliphatic rings. The number of sulfonamides is 1. The molecule has 9 nitrogen and oxygen atoms in total. The van der Waals surface area contributed by atoms with Gasteiger partial charge >= 0.3 is 0 Å². The number of hydrogen-bond donors (Lipinski definition) is 1. The third-order valence-electron chi connectivity index (χ3n) is 6.84. The topological polar surface area (TPSA) is 90.9 Å². The Morgan fingerprint density at radius 1 is 1.11 bits per heavy atom. The number of piperazine rings is 1. The van der Waals surface area contributed by atoms with E-state index in [4.69, 9.17) is 9.72 Å². The second-order valence-electron chi connectivity index (χ2n) is 9.39. The maximum atomic E-state index is 15.1. The van der Waals surface area contributed by atoms with Crippen LogP contribution in [0, 0.1) is 12.7 Å². The predicted molar refractivity (Wildman–Crippen MR) is 140 cm³/mol. The SMILES string of the molecule is Cc1c(N2CCN(S(C)(=O)=O)C(C)C2)nc2cccc(F)c2c1Nc1cncc(N2CCOCC2)c1. The average Bonchev–Trinajstić information content (AvgIpc) is 2.85. The van der Waals surface area contributed by atoms with Crippen molar-refractivity contribution in [2.24, 2.45) is 0 Å². The van der Waals surface area contributed by atoms with Gasteiger partial charge in [0.05, 0.1) is 59.8 Å². The Bertz CT molecular complexity index is 1380. The molecule has 36 heavy (non-hydrogen) atoms. The van der Waals surface area contributed by atoms with Crippen LogP contribution < -0.4 is 15.1 Å². The summed E-state index contributed by atoms with van der Waals surface area (Å²) >= 11 is 0. The Morgan fingerprint density at radius 2 is 1.89 bits per heavy atom. The summed E-state index contributed by atoms with van der Waals surface area (Å²) < 4.78 is 46.4. The van der Waals surface area contributed by atoms with Crippen LogP contribution in [0.5, 0.6) is 0 Å². The number of rotatable bonds is 5. The number of benzene rings is 1. The highest BCUT2D eigenvalue weighted by Gasteiger charge is 2.31. The molecule has 3 aromatic rings. The summed E-state index contributed by atoms with van der Waals surface area (Å²) in [6.07, 6.45) is 4.79. The first-order valence-electron chi connectivity index (χ1n) is 12.1. The summed E-state index contributed by atoms with van der Waals surface area (Å²) in [5, 5.41) is 3.84. The standard InChI is InChI=1S/C25H31FN6O3S/c1-17-16-31(7-8-32(17)36(3,33)34)25-18(2)24(23-21(26)5-4-6-22(23)29-25)28-19-13-20(15-27-14-19)30-9-11-35-12-10-30/h4-6,13-15,17H,7-12,16H2,1-3H3,(H,28,29). The fourth-order valence-electron chi connectivity index (χ4n) is 5.08. The molecule has 11 heteroatoms. The van der Waals surface area contributed by atoms with Gasteiger partial charge in [-0.3, -0.25) is 4.98 Å². The van der Waals surface area contributed by atoms with Crippen molar-refractivity contribution in [3.63, 3.8) is 0 Å². The van der Waals surface area contributed by atoms with E-state index in [-0.39, 0.29) is 11.9 Å². The minimum absolute atomic E-state index is 0.205. The van der Waals surface area contributed by atoms with Gasteiger partial charge in [-0.2, -0.15) is 4.31 Å². The summed E-state index contributed by atoms with van der Waals surface area (Å²) in [6.45, 7) is 8.11. The zero-order valence-corrected chi connectivity index (χ0v) is 21.6. The third kappa shape index (κ3) is 4.82. The zero-order chi connectivity index (χ0) is 25.4. The normalized spacial score (nSPS) is 19.6. The van der Waals surface area contributed by atoms with Gasteiger partial charge in [-0.1, -0.05) is 6.07 Å². The molecule has 2 fully saturated rings. The molecule has 0 radical (unpaired) electrons. The van der Waals surface area contributed by atoms with Gasteiger partial charge in [0.1, 0.15) is 11.6 Å². The van der Waals surface area contributed by atoms with Crippen LogP contribution in [0.2, 0.25) is 0 Å². The van der Waals surface area contributed by atoms with E-state index in [1.807, 2.05) is 26.1 Å². The van der Waals surface area contributed by atoms with Gasteiger partial charge in [0.15, 0.2) is 0 Å². The van der Waals surface area contributed by atoms with Crippen molar-refractivity contribution in [2.75, 3.05) is 67.3 Å². The second kappa shape index (κ2) is 9.79. The lowest BCUT2D eigenvalue weighted by atomic mass is 10.1. The first-order valence-corrected chi connectivity index (χ1v) is 13.9. The molecule has 1 atom stereocenters. The molecule has 192 valence electrons. The lowest BCUT2D eigenvalue weighted by Gasteiger charge is -2.39. The number of pyridine rings is 2. The van der Waals surface area contributed by atoms with Crippen molar-refractivity contribution in [3.8, 4) is 0 Å². The number of nitrogens with one attached hydrogen (secondary N) is 1. The maximum Gasteiger partial charge on any atom is 0.211 e. The fourth-order valence-corrected chi connectivity index (χ4v) is 6.21. The summed E-state index contributed by atoms with van der Waals surface area (Å²) in [7, 11) is -3.29. The first-order chi connectivity index (χ1) is 17.2. The fraction of sp³-hybridized carbons (Fsp3) is 0.440. The summed E-state index contributed by atoms with van der Waals surface area (Å²) in [5.41, 5.74) is 3.69. The number of aromatic nitrogens is 2. The van der Waals surface area contributed by atoms with Crippen LogP contribution >= 0.6 is 0 Å². The number of hydrogen-bond acceptors (Lipinski definition) is 8. The van der Waals surface area contributed by atoms with E-state index >= 15 is 4.39 Å². The number of fused-ring (bicyclic) bond motifs is 1. The molecule has 2 saturated heterocycles. The Hall–Kier alpha value is -3.02. The lowest BCUT2D eigenvalue weighted by molar-refractivity contribution is 0.122. The van der Waals surface area contributed by atoms with Crippen molar-refractivity contribution in [2.45, 2.75) is 19.9 Å². The number of halogens is 1. The molecule has 1 N–H and O–H groups in total. The molecule has 0 spiro atoms. The van der Waals surface area contributed by atoms with Crippen LogP contribution in [0.4, 0.5) is 27.3 Å². The van der Waals surface area contributed by atoms with E-state index in [0.29, 0.717) is 55.3 Å². The van der Waals surface area contributed by atoms with E-state index in [9.17, 15) is 8.42 Å². The molecule has 1 unspecified atom stereocenters. The van der Waals surface area contributed by atoms with E-state index < -0.39 is 10.0 Å². The van der Waals surface area contributed by atoms with Gasteiger partial charge < -0.3 is 19.9 Å². The predicted octanol–water partition coefficient (Wildman–Crippen LogP) is 3.13. The van der Waals surface area contributed by atoms with E-state index in [2.05, 4.69) is 20.1 Å². The van der Waals surface area contributed by atoms with Gasteiger partial charge in [0.25, 0.3) is 0 Å². The Labute approximate surface area is 210 Å². The van der Waals surface area contributed by atoms with Crippen LogP contribution in [0.25, 0.3) is 10.9 Å². The third-order valence-corrected chi connectivity index (χ3v) is 8.23. The minimum Gasteiger partial charge on any atom is -0.378 e. The largest absolute Gasteiger partial charge is 0.378 e. The van der Waals surface area contributed by atoms with Gasteiger partial charge in [0, 0.05) is 44.3 Å². The smallest absolute Gasteiger partial charge is 0.211 e. The Morgan fingerprint density at radius 3 is 2.61 bits per heavy atom. The Kier molecular flexibility index (Phi) is 6.71. The number of morpholine rings is 1. The van der Waals surface area contributed by atoms with Crippen molar-refractivity contribution in [3.05, 3.63) is 48.0 Å². The van der Waals surface area contributed by atoms with Crippen LogP contribution in [0.1, 0.15) is 12.5 Å². The molecule has 0 saturated carbocycles. The highest BCUT2D eigenvalue weighted by atomic mass is 32.2. The van der Waals surface area contributed by atoms with Crippen molar-refractivity contribution < 1.29 is 17.5 Å². The molecule has 0 bridgehead atoms. The van der Waals surface area contributed by atoms with Gasteiger partial charge in [-0.15, -0.1) is 0 Å². The molecule has 2 aliphatic heterocycles. The quantitative estimate of drug-likeness (QED) is 0.556. The van der Waals surface area contributed by atoms with Crippen molar-refractivity contribution >= 4 is 43.8 Å². The van der Waals surface area contributed by atoms with Gasteiger partial charge in [0.2, 0.25) is 10.0 Å². The Balaban J connectivity index is 1.53. The molecule has 1 aromatic carbocycles. The van der Waals surface area contributed by atoms with Crippen molar-refractivity contribution in [1.29, 1.82) is 0 Å². The molecule has 0 aliphatic carbocycles. The summed E-state index contributed by atoms with van der Waals surface area (Å²) in [5.74, 6) is 0.359. The molecule has 0 amide bonds. The summed E-state index contributed by atoms with van der Waals surface area (Å²) in [6, 6.07) is 6.69. The van der Waals surface area contributed by atoms with Crippen LogP contribution in [-0.4, -0.2) is 80.9 Å². The monoisotopic (exact) mass is 514 g/mol. The molecule has 5 rings (SSSR count). The lowest BCUT2D eigenvalue weighted by Crippen LogP contribution is -2.54. The molecule has 2 aromatic heterocycles. The van der Waals surface area contributed by atoms with Crippen LogP contribution in [-0.2, 0) is 14.8 Å². The highest BCUT2D eigenvalue weighted by molar-refractivity contribution is 7.88. The first kappa shape index (κ1) is 24.7. The van der Waals surface area contributed by atoms with Crippen molar-refractivity contribution in [1.82, 2.24) is 14.3 Å². The summed E-state index contributed by atoms with van der Waals surface area (Å²) in [4.78, 5) is 13.5. The number of nitrogens with zero attached hydrogens (tertiary/aromatic N) is 5. The van der Waals surface area contributed by atoms with Crippen LogP contribution in [0.3, 0.4) is 0 Å². The maximum absolute atomic E-state index is 15.1. The van der Waals surface area contributed by atoms with E-state index in [1.165, 1.54) is 16.6 Å². The van der Waals surface area contributed by atoms with E-state index in [1.54, 1.807) is 18.3 Å². The molecule has 4 heterocycles. The average molecular weight is 515 g/mol. The number of anilines is 4. The van der Waals surface area contributed by atoms with Gasteiger partial charge in [-0.25, -0.2) is 17.8 Å². The molecular weight excluding hydrogens is 483 g/mol. The minimum atomic E-state index is -3.29. The van der Waals surface area contributed by atoms with Gasteiger partial charge in [-0.05, 0) is 32.0 Å². The van der Waals surface area contributed by atoms with E-state index in [0.717, 1.165) is 30.0 Å². The van der Waals surface area contributed by atoms with Crippen LogP contribution in [0.15, 0.2) is 36.7 Å². The zero-order valence-electron chi connectivity index (χ0n) is 20.7. The highest BCUT2D eigenvalue weighted by Crippen LogP contribution is 2.37.